The number of aromatic nitrogens is 1. The zero-order chi connectivity index (χ0) is 15.5. The Morgan fingerprint density at radius 3 is 2.77 bits per heavy atom. The molecule has 1 aromatic heterocycles. The second-order valence-electron chi connectivity index (χ2n) is 5.34. The maximum Gasteiger partial charge on any atom is 0.240 e. The number of rotatable bonds is 4. The molecule has 3 rings (SSSR count). The molecule has 0 atom stereocenters. The Balaban J connectivity index is 1.70. The summed E-state index contributed by atoms with van der Waals surface area (Å²) in [6, 6.07) is 18.2. The molecule has 0 aliphatic heterocycles. The highest BCUT2D eigenvalue weighted by Gasteiger charge is 2.09. The fraction of sp³-hybridized carbons (Fsp3) is 0.167. The van der Waals surface area contributed by atoms with Crippen LogP contribution in [0.4, 0.5) is 0 Å². The second-order valence-corrected chi connectivity index (χ2v) is 6.25. The lowest BCUT2D eigenvalue weighted by Crippen LogP contribution is -2.27. The molecular weight excluding hydrogens is 340 g/mol. The normalized spacial score (nSPS) is 10.8. The van der Waals surface area contributed by atoms with E-state index in [0.717, 1.165) is 21.2 Å². The Morgan fingerprint density at radius 1 is 1.14 bits per heavy atom. The Hall–Kier alpha value is -2.07. The van der Waals surface area contributed by atoms with Gasteiger partial charge < -0.3 is 9.88 Å². The number of hydrogen-bond donors (Lipinski definition) is 1. The number of benzene rings is 2. The monoisotopic (exact) mass is 356 g/mol. The largest absolute Gasteiger partial charge is 0.350 e. The molecule has 0 saturated heterocycles. The predicted molar refractivity (Wildman–Crippen MR) is 92.7 cm³/mol. The molecule has 0 unspecified atom stereocenters. The topological polar surface area (TPSA) is 34.0 Å². The lowest BCUT2D eigenvalue weighted by atomic mass is 10.2. The van der Waals surface area contributed by atoms with Gasteiger partial charge in [-0.15, -0.1) is 0 Å². The molecule has 0 saturated carbocycles. The Morgan fingerprint density at radius 2 is 1.95 bits per heavy atom. The first-order valence-corrected chi connectivity index (χ1v) is 7.99. The van der Waals surface area contributed by atoms with Gasteiger partial charge in [0.1, 0.15) is 6.54 Å². The summed E-state index contributed by atoms with van der Waals surface area (Å²) < 4.78 is 3.07. The van der Waals surface area contributed by atoms with Crippen molar-refractivity contribution >= 4 is 32.7 Å². The minimum absolute atomic E-state index is 0.0180. The van der Waals surface area contributed by atoms with Gasteiger partial charge in [0.2, 0.25) is 5.91 Å². The van der Waals surface area contributed by atoms with Crippen LogP contribution in [-0.2, 0) is 17.9 Å². The quantitative estimate of drug-likeness (QED) is 0.752. The van der Waals surface area contributed by atoms with E-state index in [1.807, 2.05) is 54.0 Å². The first-order chi connectivity index (χ1) is 10.6. The molecule has 4 heteroatoms. The maximum atomic E-state index is 12.2. The van der Waals surface area contributed by atoms with E-state index in [4.69, 9.17) is 0 Å². The van der Waals surface area contributed by atoms with Crippen LogP contribution in [0.5, 0.6) is 0 Å². The van der Waals surface area contributed by atoms with Crippen molar-refractivity contribution in [2.75, 3.05) is 0 Å². The molecule has 1 N–H and O–H groups in total. The highest BCUT2D eigenvalue weighted by Crippen LogP contribution is 2.19. The molecule has 0 radical (unpaired) electrons. The van der Waals surface area contributed by atoms with E-state index in [1.54, 1.807) is 0 Å². The van der Waals surface area contributed by atoms with E-state index >= 15 is 0 Å². The van der Waals surface area contributed by atoms with Gasteiger partial charge in [-0.1, -0.05) is 46.3 Å². The lowest BCUT2D eigenvalue weighted by molar-refractivity contribution is -0.121. The van der Waals surface area contributed by atoms with Crippen LogP contribution in [0.3, 0.4) is 0 Å². The van der Waals surface area contributed by atoms with Gasteiger partial charge in [-0.25, -0.2) is 0 Å². The third-order valence-electron chi connectivity index (χ3n) is 3.70. The molecular formula is C18H17BrN2O. The zero-order valence-corrected chi connectivity index (χ0v) is 13.9. The van der Waals surface area contributed by atoms with Crippen LogP contribution in [-0.4, -0.2) is 10.5 Å². The van der Waals surface area contributed by atoms with Crippen molar-refractivity contribution in [1.29, 1.82) is 0 Å². The average Bonchev–Trinajstić information content (AvgIpc) is 2.81. The number of fused-ring (bicyclic) bond motifs is 1. The summed E-state index contributed by atoms with van der Waals surface area (Å²) in [5.74, 6) is 0.0180. The molecule has 0 fully saturated rings. The number of para-hydroxylation sites is 1. The number of nitrogens with one attached hydrogen (secondary N) is 1. The smallest absolute Gasteiger partial charge is 0.240 e. The third kappa shape index (κ3) is 3.22. The van der Waals surface area contributed by atoms with E-state index in [0.29, 0.717) is 13.1 Å². The minimum atomic E-state index is 0.0180. The van der Waals surface area contributed by atoms with Crippen molar-refractivity contribution in [3.63, 3.8) is 0 Å². The fourth-order valence-corrected chi connectivity index (χ4v) is 3.05. The molecule has 3 nitrogen and oxygen atoms in total. The summed E-state index contributed by atoms with van der Waals surface area (Å²) in [6.45, 7) is 2.91. The van der Waals surface area contributed by atoms with Crippen molar-refractivity contribution in [3.8, 4) is 0 Å². The summed E-state index contributed by atoms with van der Waals surface area (Å²) >= 11 is 3.44. The van der Waals surface area contributed by atoms with Crippen LogP contribution in [0.2, 0.25) is 0 Å². The van der Waals surface area contributed by atoms with Crippen LogP contribution in [0.1, 0.15) is 11.3 Å². The van der Waals surface area contributed by atoms with Crippen molar-refractivity contribution in [2.45, 2.75) is 20.0 Å². The van der Waals surface area contributed by atoms with E-state index in [1.165, 1.54) is 5.39 Å². The Bertz CT molecular complexity index is 823. The maximum absolute atomic E-state index is 12.2. The van der Waals surface area contributed by atoms with Gasteiger partial charge in [0.05, 0.1) is 0 Å². The fourth-order valence-electron chi connectivity index (χ4n) is 2.61. The van der Waals surface area contributed by atoms with Crippen LogP contribution in [0.15, 0.2) is 59.1 Å². The summed E-state index contributed by atoms with van der Waals surface area (Å²) in [7, 11) is 0. The van der Waals surface area contributed by atoms with Gasteiger partial charge in [-0.2, -0.15) is 0 Å². The van der Waals surface area contributed by atoms with E-state index < -0.39 is 0 Å². The van der Waals surface area contributed by atoms with Crippen LogP contribution in [0, 0.1) is 6.92 Å². The molecule has 1 heterocycles. The minimum Gasteiger partial charge on any atom is -0.350 e. The van der Waals surface area contributed by atoms with Gasteiger partial charge in [0.25, 0.3) is 0 Å². The second kappa shape index (κ2) is 6.36. The van der Waals surface area contributed by atoms with Crippen LogP contribution in [0.25, 0.3) is 10.9 Å². The highest BCUT2D eigenvalue weighted by atomic mass is 79.9. The summed E-state index contributed by atoms with van der Waals surface area (Å²) in [5.41, 5.74) is 3.27. The van der Waals surface area contributed by atoms with Gasteiger partial charge in [0.15, 0.2) is 0 Å². The number of carbonyl (C=O) groups is 1. The molecule has 1 amide bonds. The van der Waals surface area contributed by atoms with Gasteiger partial charge in [-0.05, 0) is 42.1 Å². The highest BCUT2D eigenvalue weighted by molar-refractivity contribution is 9.10. The first-order valence-electron chi connectivity index (χ1n) is 7.19. The summed E-state index contributed by atoms with van der Waals surface area (Å²) in [4.78, 5) is 12.2. The Labute approximate surface area is 138 Å². The van der Waals surface area contributed by atoms with Gasteiger partial charge >= 0.3 is 0 Å². The SMILES string of the molecule is Cc1cc2ccccc2n1CC(=O)NCc1cccc(Br)c1. The lowest BCUT2D eigenvalue weighted by Gasteiger charge is -2.09. The van der Waals surface area contributed by atoms with Gasteiger partial charge in [0, 0.05) is 22.2 Å². The molecule has 112 valence electrons. The molecule has 0 spiro atoms. The number of hydrogen-bond acceptors (Lipinski definition) is 1. The van der Waals surface area contributed by atoms with Crippen LogP contribution >= 0.6 is 15.9 Å². The molecule has 2 aromatic carbocycles. The number of halogens is 1. The number of nitrogens with zero attached hydrogens (tertiary/aromatic N) is 1. The van der Waals surface area contributed by atoms with Gasteiger partial charge in [-0.3, -0.25) is 4.79 Å². The summed E-state index contributed by atoms with van der Waals surface area (Å²) in [5, 5.41) is 4.14. The molecule has 3 aromatic rings. The van der Waals surface area contributed by atoms with Crippen molar-refractivity contribution < 1.29 is 4.79 Å². The van der Waals surface area contributed by atoms with Crippen molar-refractivity contribution in [2.24, 2.45) is 0 Å². The average molecular weight is 357 g/mol. The first kappa shape index (κ1) is 14.9. The van der Waals surface area contributed by atoms with Crippen molar-refractivity contribution in [1.82, 2.24) is 9.88 Å². The van der Waals surface area contributed by atoms with E-state index in [9.17, 15) is 4.79 Å². The summed E-state index contributed by atoms with van der Waals surface area (Å²) in [6.07, 6.45) is 0. The number of amides is 1. The standard InChI is InChI=1S/C18H17BrN2O/c1-13-9-15-6-2-3-8-17(15)21(13)12-18(22)20-11-14-5-4-7-16(19)10-14/h2-10H,11-12H2,1H3,(H,20,22). The molecule has 0 bridgehead atoms. The number of carbonyl (C=O) groups excluding carboxylic acids is 1. The molecule has 0 aliphatic rings. The van der Waals surface area contributed by atoms with E-state index in [2.05, 4.69) is 33.4 Å². The Kier molecular flexibility index (Phi) is 4.29. The van der Waals surface area contributed by atoms with Crippen LogP contribution < -0.4 is 5.32 Å². The molecule has 0 aliphatic carbocycles. The third-order valence-corrected chi connectivity index (χ3v) is 4.19. The predicted octanol–water partition coefficient (Wildman–Crippen LogP) is 4.03. The zero-order valence-electron chi connectivity index (χ0n) is 12.3. The number of aryl methyl sites for hydroxylation is 1. The van der Waals surface area contributed by atoms with Crippen molar-refractivity contribution in [3.05, 3.63) is 70.3 Å². The van der Waals surface area contributed by atoms with E-state index in [-0.39, 0.29) is 5.91 Å². The molecule has 22 heavy (non-hydrogen) atoms.